The molecule has 20 heavy (non-hydrogen) atoms. The van der Waals surface area contributed by atoms with Gasteiger partial charge in [0.2, 0.25) is 10.0 Å². The molecule has 5 nitrogen and oxygen atoms in total. The molecule has 1 aliphatic heterocycles. The van der Waals surface area contributed by atoms with Crippen molar-refractivity contribution in [1.29, 1.82) is 0 Å². The molecule has 1 aromatic rings. The van der Waals surface area contributed by atoms with Crippen molar-refractivity contribution in [3.8, 4) is 5.75 Å². The summed E-state index contributed by atoms with van der Waals surface area (Å²) in [5, 5.41) is 0.386. The molecule has 0 aromatic heterocycles. The first-order valence-corrected chi connectivity index (χ1v) is 8.37. The topological polar surface area (TPSA) is 49.9 Å². The number of nitrogens with zero attached hydrogens (tertiary/aromatic N) is 2. The molecule has 0 spiro atoms. The number of hydrogen-bond donors (Lipinski definition) is 0. The third kappa shape index (κ3) is 3.09. The first kappa shape index (κ1) is 15.6. The van der Waals surface area contributed by atoms with Crippen LogP contribution < -0.4 is 4.74 Å². The molecular weight excluding hydrogens is 300 g/mol. The van der Waals surface area contributed by atoms with E-state index in [0.29, 0.717) is 23.9 Å². The summed E-state index contributed by atoms with van der Waals surface area (Å²) in [6, 6.07) is 4.65. The predicted molar refractivity (Wildman–Crippen MR) is 78.9 cm³/mol. The molecule has 1 fully saturated rings. The minimum absolute atomic E-state index is 0.137. The van der Waals surface area contributed by atoms with Gasteiger partial charge in [-0.25, -0.2) is 8.42 Å². The van der Waals surface area contributed by atoms with E-state index < -0.39 is 10.0 Å². The first-order valence-electron chi connectivity index (χ1n) is 6.55. The van der Waals surface area contributed by atoms with Crippen LogP contribution in [0.3, 0.4) is 0 Å². The van der Waals surface area contributed by atoms with E-state index in [-0.39, 0.29) is 4.90 Å². The van der Waals surface area contributed by atoms with E-state index >= 15 is 0 Å². The summed E-state index contributed by atoms with van der Waals surface area (Å²) in [6.07, 6.45) is 0. The fourth-order valence-electron chi connectivity index (χ4n) is 2.28. The van der Waals surface area contributed by atoms with Crippen LogP contribution in [-0.4, -0.2) is 57.5 Å². The molecule has 0 amide bonds. The van der Waals surface area contributed by atoms with E-state index in [0.717, 1.165) is 19.6 Å². The van der Waals surface area contributed by atoms with Crippen LogP contribution >= 0.6 is 11.6 Å². The zero-order chi connectivity index (χ0) is 14.8. The third-order valence-electron chi connectivity index (χ3n) is 3.52. The van der Waals surface area contributed by atoms with Crippen LogP contribution in [0.25, 0.3) is 0 Å². The van der Waals surface area contributed by atoms with Gasteiger partial charge in [0.15, 0.2) is 0 Å². The molecule has 0 bridgehead atoms. The maximum absolute atomic E-state index is 12.7. The second-order valence-electron chi connectivity index (χ2n) is 4.63. The van der Waals surface area contributed by atoms with Crippen molar-refractivity contribution in [1.82, 2.24) is 9.21 Å². The number of hydrogen-bond acceptors (Lipinski definition) is 4. The van der Waals surface area contributed by atoms with Gasteiger partial charge in [-0.1, -0.05) is 18.5 Å². The average molecular weight is 319 g/mol. The molecule has 2 rings (SSSR count). The normalized spacial score (nSPS) is 18.1. The Morgan fingerprint density at radius 3 is 2.45 bits per heavy atom. The van der Waals surface area contributed by atoms with Gasteiger partial charge in [0.1, 0.15) is 10.6 Å². The van der Waals surface area contributed by atoms with E-state index in [1.807, 2.05) is 0 Å². The molecule has 1 aromatic carbocycles. The number of piperazine rings is 1. The predicted octanol–water partition coefficient (Wildman–Crippen LogP) is 1.67. The van der Waals surface area contributed by atoms with Crippen molar-refractivity contribution in [2.24, 2.45) is 0 Å². The summed E-state index contributed by atoms with van der Waals surface area (Å²) in [5.74, 6) is 0.326. The van der Waals surface area contributed by atoms with Crippen LogP contribution in [0, 0.1) is 0 Å². The average Bonchev–Trinajstić information content (AvgIpc) is 2.47. The fraction of sp³-hybridized carbons (Fsp3) is 0.538. The fourth-order valence-corrected chi connectivity index (χ4v) is 4.12. The van der Waals surface area contributed by atoms with Crippen molar-refractivity contribution in [2.75, 3.05) is 39.8 Å². The molecule has 0 unspecified atom stereocenters. The van der Waals surface area contributed by atoms with Crippen LogP contribution in [0.5, 0.6) is 5.75 Å². The van der Waals surface area contributed by atoms with Gasteiger partial charge in [0, 0.05) is 31.2 Å². The molecule has 0 N–H and O–H groups in total. The lowest BCUT2D eigenvalue weighted by atomic mass is 10.3. The number of halogens is 1. The third-order valence-corrected chi connectivity index (χ3v) is 5.68. The molecule has 0 radical (unpaired) electrons. The van der Waals surface area contributed by atoms with Crippen molar-refractivity contribution >= 4 is 21.6 Å². The SMILES string of the molecule is CCN1CCN(S(=O)(=O)c2cc(Cl)ccc2OC)CC1. The van der Waals surface area contributed by atoms with Gasteiger partial charge in [-0.05, 0) is 24.7 Å². The molecule has 1 heterocycles. The zero-order valence-electron chi connectivity index (χ0n) is 11.7. The Morgan fingerprint density at radius 1 is 1.25 bits per heavy atom. The van der Waals surface area contributed by atoms with Crippen LogP contribution in [0.15, 0.2) is 23.1 Å². The Morgan fingerprint density at radius 2 is 1.90 bits per heavy atom. The minimum Gasteiger partial charge on any atom is -0.495 e. The Bertz CT molecular complexity index is 569. The summed E-state index contributed by atoms with van der Waals surface area (Å²) < 4.78 is 32.0. The second kappa shape index (κ2) is 6.30. The molecular formula is C13H19ClN2O3S. The largest absolute Gasteiger partial charge is 0.495 e. The smallest absolute Gasteiger partial charge is 0.246 e. The quantitative estimate of drug-likeness (QED) is 0.847. The highest BCUT2D eigenvalue weighted by Gasteiger charge is 2.30. The lowest BCUT2D eigenvalue weighted by Gasteiger charge is -2.33. The van der Waals surface area contributed by atoms with E-state index in [1.165, 1.54) is 17.5 Å². The van der Waals surface area contributed by atoms with Gasteiger partial charge in [-0.15, -0.1) is 0 Å². The Labute approximate surface area is 125 Å². The van der Waals surface area contributed by atoms with E-state index in [1.54, 1.807) is 12.1 Å². The maximum Gasteiger partial charge on any atom is 0.246 e. The highest BCUT2D eigenvalue weighted by atomic mass is 35.5. The zero-order valence-corrected chi connectivity index (χ0v) is 13.2. The minimum atomic E-state index is -3.56. The van der Waals surface area contributed by atoms with Gasteiger partial charge in [-0.3, -0.25) is 0 Å². The standard InChI is InChI=1S/C13H19ClN2O3S/c1-3-15-6-8-16(9-7-15)20(17,18)13-10-11(14)4-5-12(13)19-2/h4-5,10H,3,6-9H2,1-2H3. The monoisotopic (exact) mass is 318 g/mol. The summed E-state index contributed by atoms with van der Waals surface area (Å²) in [6.45, 7) is 5.49. The summed E-state index contributed by atoms with van der Waals surface area (Å²) in [7, 11) is -2.11. The van der Waals surface area contributed by atoms with E-state index in [4.69, 9.17) is 16.3 Å². The van der Waals surface area contributed by atoms with E-state index in [2.05, 4.69) is 11.8 Å². The van der Waals surface area contributed by atoms with Crippen molar-refractivity contribution in [2.45, 2.75) is 11.8 Å². The lowest BCUT2D eigenvalue weighted by Crippen LogP contribution is -2.48. The molecule has 1 aliphatic rings. The van der Waals surface area contributed by atoms with Crippen LogP contribution in [0.1, 0.15) is 6.92 Å². The number of benzene rings is 1. The molecule has 7 heteroatoms. The highest BCUT2D eigenvalue weighted by molar-refractivity contribution is 7.89. The molecule has 112 valence electrons. The second-order valence-corrected chi connectivity index (χ2v) is 6.98. The summed E-state index contributed by atoms with van der Waals surface area (Å²) >= 11 is 5.92. The first-order chi connectivity index (χ1) is 9.48. The Balaban J connectivity index is 2.29. The Hall–Kier alpha value is -0.820. The molecule has 0 atom stereocenters. The van der Waals surface area contributed by atoms with Crippen molar-refractivity contribution in [3.05, 3.63) is 23.2 Å². The van der Waals surface area contributed by atoms with Crippen LogP contribution in [0.4, 0.5) is 0 Å². The van der Waals surface area contributed by atoms with Gasteiger partial charge in [-0.2, -0.15) is 4.31 Å². The van der Waals surface area contributed by atoms with Crippen LogP contribution in [0.2, 0.25) is 5.02 Å². The number of methoxy groups -OCH3 is 1. The van der Waals surface area contributed by atoms with Crippen molar-refractivity contribution in [3.63, 3.8) is 0 Å². The number of ether oxygens (including phenoxy) is 1. The summed E-state index contributed by atoms with van der Waals surface area (Å²) in [4.78, 5) is 2.36. The molecule has 0 saturated carbocycles. The maximum atomic E-state index is 12.7. The number of rotatable bonds is 4. The molecule has 1 saturated heterocycles. The van der Waals surface area contributed by atoms with Crippen molar-refractivity contribution < 1.29 is 13.2 Å². The number of likely N-dealkylation sites (N-methyl/N-ethyl adjacent to an activating group) is 1. The van der Waals surface area contributed by atoms with Gasteiger partial charge >= 0.3 is 0 Å². The lowest BCUT2D eigenvalue weighted by molar-refractivity contribution is 0.196. The number of sulfonamides is 1. The van der Waals surface area contributed by atoms with E-state index in [9.17, 15) is 8.42 Å². The van der Waals surface area contributed by atoms with Gasteiger partial charge in [0.25, 0.3) is 0 Å². The highest BCUT2D eigenvalue weighted by Crippen LogP contribution is 2.30. The molecule has 0 aliphatic carbocycles. The summed E-state index contributed by atoms with van der Waals surface area (Å²) in [5.41, 5.74) is 0. The van der Waals surface area contributed by atoms with Gasteiger partial charge < -0.3 is 9.64 Å². The Kier molecular flexibility index (Phi) is 4.90. The van der Waals surface area contributed by atoms with Crippen LogP contribution in [-0.2, 0) is 10.0 Å². The van der Waals surface area contributed by atoms with Gasteiger partial charge in [0.05, 0.1) is 7.11 Å².